The van der Waals surface area contributed by atoms with Gasteiger partial charge in [-0.1, -0.05) is 59.8 Å². The van der Waals surface area contributed by atoms with Gasteiger partial charge >= 0.3 is 0 Å². The highest BCUT2D eigenvalue weighted by atomic mass is 32.2. The Morgan fingerprint density at radius 3 is 2.61 bits per heavy atom. The maximum atomic E-state index is 12.3. The predicted octanol–water partition coefficient (Wildman–Crippen LogP) is 3.45. The topological polar surface area (TPSA) is 85.1 Å². The van der Waals surface area contributed by atoms with Crippen LogP contribution >= 0.6 is 11.8 Å². The van der Waals surface area contributed by atoms with E-state index in [1.54, 1.807) is 0 Å². The van der Waals surface area contributed by atoms with Gasteiger partial charge in [-0.05, 0) is 38.0 Å². The third-order valence-corrected chi connectivity index (χ3v) is 4.93. The van der Waals surface area contributed by atoms with E-state index < -0.39 is 6.04 Å². The first-order valence-electron chi connectivity index (χ1n) is 8.88. The number of nitrogens with one attached hydrogen (secondary N) is 1. The van der Waals surface area contributed by atoms with Crippen LogP contribution in [-0.2, 0) is 16.0 Å². The Morgan fingerprint density at radius 1 is 1.11 bits per heavy atom. The van der Waals surface area contributed by atoms with Crippen molar-refractivity contribution >= 4 is 23.5 Å². The SMILES string of the molecule is CC(=O)C(Cc1ccccc1)NC(=O)CSc1nnc(-c2cccc(C)c2)o1. The molecular formula is C21H21N3O3S. The molecule has 1 amide bonds. The van der Waals surface area contributed by atoms with E-state index >= 15 is 0 Å². The minimum Gasteiger partial charge on any atom is -0.411 e. The number of amides is 1. The molecular weight excluding hydrogens is 374 g/mol. The molecule has 0 aliphatic heterocycles. The summed E-state index contributed by atoms with van der Waals surface area (Å²) >= 11 is 1.14. The number of hydrogen-bond acceptors (Lipinski definition) is 6. The lowest BCUT2D eigenvalue weighted by atomic mass is 10.0. The second kappa shape index (κ2) is 9.32. The summed E-state index contributed by atoms with van der Waals surface area (Å²) in [6.07, 6.45) is 0.463. The summed E-state index contributed by atoms with van der Waals surface area (Å²) in [6, 6.07) is 16.8. The first-order valence-corrected chi connectivity index (χ1v) is 9.87. The minimum atomic E-state index is -0.555. The molecule has 0 bridgehead atoms. The largest absolute Gasteiger partial charge is 0.411 e. The summed E-state index contributed by atoms with van der Waals surface area (Å²) in [7, 11) is 0. The fourth-order valence-electron chi connectivity index (χ4n) is 2.67. The van der Waals surface area contributed by atoms with E-state index in [-0.39, 0.29) is 17.4 Å². The Labute approximate surface area is 167 Å². The lowest BCUT2D eigenvalue weighted by Crippen LogP contribution is -2.42. The number of aromatic nitrogens is 2. The van der Waals surface area contributed by atoms with E-state index in [1.165, 1.54) is 6.92 Å². The van der Waals surface area contributed by atoms with Gasteiger partial charge in [0.2, 0.25) is 11.8 Å². The van der Waals surface area contributed by atoms with Gasteiger partial charge in [-0.2, -0.15) is 0 Å². The first-order chi connectivity index (χ1) is 13.5. The van der Waals surface area contributed by atoms with E-state index in [0.717, 1.165) is 28.5 Å². The molecule has 0 aliphatic carbocycles. The molecule has 0 spiro atoms. The van der Waals surface area contributed by atoms with Crippen molar-refractivity contribution in [3.05, 3.63) is 65.7 Å². The number of carbonyl (C=O) groups excluding carboxylic acids is 2. The number of rotatable bonds is 8. The summed E-state index contributed by atoms with van der Waals surface area (Å²) in [5.41, 5.74) is 2.93. The maximum Gasteiger partial charge on any atom is 0.277 e. The van der Waals surface area contributed by atoms with Crippen LogP contribution < -0.4 is 5.32 Å². The molecule has 0 saturated heterocycles. The Balaban J connectivity index is 1.55. The monoisotopic (exact) mass is 395 g/mol. The Morgan fingerprint density at radius 2 is 1.89 bits per heavy atom. The van der Waals surface area contributed by atoms with E-state index in [9.17, 15) is 9.59 Å². The Hall–Kier alpha value is -2.93. The average Bonchev–Trinajstić information content (AvgIpc) is 3.16. The van der Waals surface area contributed by atoms with Crippen LogP contribution in [0.2, 0.25) is 0 Å². The van der Waals surface area contributed by atoms with Crippen molar-refractivity contribution in [1.82, 2.24) is 15.5 Å². The van der Waals surface area contributed by atoms with Crippen LogP contribution in [0.5, 0.6) is 0 Å². The number of nitrogens with zero attached hydrogens (tertiary/aromatic N) is 2. The van der Waals surface area contributed by atoms with Crippen molar-refractivity contribution in [3.8, 4) is 11.5 Å². The molecule has 1 unspecified atom stereocenters. The molecule has 0 fully saturated rings. The normalized spacial score (nSPS) is 11.8. The quantitative estimate of drug-likeness (QED) is 0.588. The summed E-state index contributed by atoms with van der Waals surface area (Å²) in [5, 5.41) is 11.1. The molecule has 2 aromatic carbocycles. The van der Waals surface area contributed by atoms with Crippen molar-refractivity contribution in [2.24, 2.45) is 0 Å². The van der Waals surface area contributed by atoms with Gasteiger partial charge in [-0.15, -0.1) is 10.2 Å². The highest BCUT2D eigenvalue weighted by Gasteiger charge is 2.18. The highest BCUT2D eigenvalue weighted by molar-refractivity contribution is 7.99. The van der Waals surface area contributed by atoms with Crippen molar-refractivity contribution in [1.29, 1.82) is 0 Å². The molecule has 3 rings (SSSR count). The molecule has 28 heavy (non-hydrogen) atoms. The molecule has 1 N–H and O–H groups in total. The standard InChI is InChI=1S/C21H21N3O3S/c1-14-7-6-10-17(11-14)20-23-24-21(27-20)28-13-19(26)22-18(15(2)25)12-16-8-4-3-5-9-16/h3-11,18H,12-13H2,1-2H3,(H,22,26). The zero-order chi connectivity index (χ0) is 19.9. The van der Waals surface area contributed by atoms with E-state index in [4.69, 9.17) is 4.42 Å². The van der Waals surface area contributed by atoms with Gasteiger partial charge in [0.15, 0.2) is 5.78 Å². The molecule has 0 aliphatic rings. The number of ketones is 1. The van der Waals surface area contributed by atoms with Crippen LogP contribution in [-0.4, -0.2) is 33.7 Å². The Bertz CT molecular complexity index is 956. The molecule has 6 nitrogen and oxygen atoms in total. The van der Waals surface area contributed by atoms with Crippen LogP contribution in [0, 0.1) is 6.92 Å². The number of hydrogen-bond donors (Lipinski definition) is 1. The molecule has 0 radical (unpaired) electrons. The third-order valence-electron chi connectivity index (χ3n) is 4.11. The number of thioether (sulfide) groups is 1. The van der Waals surface area contributed by atoms with Gasteiger partial charge < -0.3 is 9.73 Å². The summed E-state index contributed by atoms with van der Waals surface area (Å²) in [6.45, 7) is 3.47. The second-order valence-corrected chi connectivity index (χ2v) is 7.38. The van der Waals surface area contributed by atoms with E-state index in [1.807, 2.05) is 61.5 Å². The van der Waals surface area contributed by atoms with Crippen LogP contribution in [0.3, 0.4) is 0 Å². The zero-order valence-corrected chi connectivity index (χ0v) is 16.5. The van der Waals surface area contributed by atoms with E-state index in [0.29, 0.717) is 17.5 Å². The number of aryl methyl sites for hydroxylation is 1. The van der Waals surface area contributed by atoms with Crippen molar-refractivity contribution in [3.63, 3.8) is 0 Å². The van der Waals surface area contributed by atoms with Crippen molar-refractivity contribution in [2.45, 2.75) is 31.5 Å². The molecule has 3 aromatic rings. The zero-order valence-electron chi connectivity index (χ0n) is 15.7. The van der Waals surface area contributed by atoms with Gasteiger partial charge in [0.25, 0.3) is 5.22 Å². The molecule has 0 saturated carbocycles. The minimum absolute atomic E-state index is 0.0817. The molecule has 144 valence electrons. The van der Waals surface area contributed by atoms with Crippen LogP contribution in [0.15, 0.2) is 64.2 Å². The maximum absolute atomic E-state index is 12.3. The smallest absolute Gasteiger partial charge is 0.277 e. The second-order valence-electron chi connectivity index (χ2n) is 6.45. The highest BCUT2D eigenvalue weighted by Crippen LogP contribution is 2.23. The fourth-order valence-corrected chi connectivity index (χ4v) is 3.25. The van der Waals surface area contributed by atoms with Crippen LogP contribution in [0.25, 0.3) is 11.5 Å². The van der Waals surface area contributed by atoms with Gasteiger partial charge in [0.05, 0.1) is 11.8 Å². The van der Waals surface area contributed by atoms with Gasteiger partial charge in [0.1, 0.15) is 0 Å². The van der Waals surface area contributed by atoms with Gasteiger partial charge in [-0.3, -0.25) is 9.59 Å². The summed E-state index contributed by atoms with van der Waals surface area (Å²) in [5.74, 6) is 0.170. The van der Waals surface area contributed by atoms with E-state index in [2.05, 4.69) is 15.5 Å². The third kappa shape index (κ3) is 5.53. The predicted molar refractivity (Wildman–Crippen MR) is 108 cm³/mol. The number of carbonyl (C=O) groups is 2. The summed E-state index contributed by atoms with van der Waals surface area (Å²) in [4.78, 5) is 24.2. The van der Waals surface area contributed by atoms with Gasteiger partial charge in [0, 0.05) is 5.56 Å². The van der Waals surface area contributed by atoms with Crippen molar-refractivity contribution in [2.75, 3.05) is 5.75 Å². The van der Waals surface area contributed by atoms with Crippen molar-refractivity contribution < 1.29 is 14.0 Å². The summed E-state index contributed by atoms with van der Waals surface area (Å²) < 4.78 is 5.62. The molecule has 1 aromatic heterocycles. The first kappa shape index (κ1) is 19.8. The average molecular weight is 395 g/mol. The van der Waals surface area contributed by atoms with Crippen LogP contribution in [0.1, 0.15) is 18.1 Å². The molecule has 1 atom stereocenters. The number of benzene rings is 2. The fraction of sp³-hybridized carbons (Fsp3) is 0.238. The molecule has 7 heteroatoms. The Kier molecular flexibility index (Phi) is 6.60. The lowest BCUT2D eigenvalue weighted by Gasteiger charge is -2.15. The van der Waals surface area contributed by atoms with Gasteiger partial charge in [-0.25, -0.2) is 0 Å². The number of Topliss-reactive ketones (excluding diaryl/α,β-unsaturated/α-hetero) is 1. The molecule has 1 heterocycles. The van der Waals surface area contributed by atoms with Crippen LogP contribution in [0.4, 0.5) is 0 Å². The lowest BCUT2D eigenvalue weighted by molar-refractivity contribution is -0.125.